The molecule has 27 heavy (non-hydrogen) atoms. The molecule has 8 heteroatoms. The average Bonchev–Trinajstić information content (AvgIpc) is 3.19. The molecule has 0 radical (unpaired) electrons. The summed E-state index contributed by atoms with van der Waals surface area (Å²) in [5.41, 5.74) is 1.56. The molecule has 0 spiro atoms. The van der Waals surface area contributed by atoms with E-state index in [-0.39, 0.29) is 10.8 Å². The number of tetrazole rings is 1. The van der Waals surface area contributed by atoms with E-state index in [1.807, 2.05) is 68.4 Å². The van der Waals surface area contributed by atoms with Crippen LogP contribution in [0.5, 0.6) is 0 Å². The van der Waals surface area contributed by atoms with Crippen LogP contribution in [0.3, 0.4) is 0 Å². The first kappa shape index (κ1) is 17.4. The Balaban J connectivity index is 1.73. The largest absolute Gasteiger partial charge is 0.287 e. The second-order valence-corrected chi connectivity index (χ2v) is 7.31. The third-order valence-corrected chi connectivity index (χ3v) is 5.37. The van der Waals surface area contributed by atoms with Gasteiger partial charge < -0.3 is 0 Å². The number of hydrogen-bond acceptors (Lipinski definition) is 6. The maximum Gasteiger partial charge on any atom is 0.262 e. The minimum atomic E-state index is -0.0916. The van der Waals surface area contributed by atoms with Crippen LogP contribution in [0.4, 0.5) is 0 Å². The van der Waals surface area contributed by atoms with Gasteiger partial charge in [0.15, 0.2) is 11.0 Å². The summed E-state index contributed by atoms with van der Waals surface area (Å²) in [7, 11) is 0. The number of para-hydroxylation sites is 2. The van der Waals surface area contributed by atoms with Gasteiger partial charge in [-0.05, 0) is 48.5 Å². The Bertz CT molecular complexity index is 1140. The Labute approximate surface area is 160 Å². The summed E-state index contributed by atoms with van der Waals surface area (Å²) in [6, 6.07) is 17.2. The van der Waals surface area contributed by atoms with E-state index in [0.29, 0.717) is 28.4 Å². The van der Waals surface area contributed by atoms with E-state index in [4.69, 9.17) is 4.98 Å². The summed E-state index contributed by atoms with van der Waals surface area (Å²) in [5, 5.41) is 13.3. The zero-order valence-corrected chi connectivity index (χ0v) is 15.8. The van der Waals surface area contributed by atoms with Crippen molar-refractivity contribution in [3.05, 3.63) is 70.8 Å². The van der Waals surface area contributed by atoms with Gasteiger partial charge in [0.2, 0.25) is 0 Å². The minimum absolute atomic E-state index is 0.0274. The van der Waals surface area contributed by atoms with Crippen molar-refractivity contribution in [1.82, 2.24) is 29.8 Å². The number of benzene rings is 2. The van der Waals surface area contributed by atoms with E-state index in [2.05, 4.69) is 15.5 Å². The van der Waals surface area contributed by atoms with Crippen LogP contribution < -0.4 is 5.56 Å². The van der Waals surface area contributed by atoms with Crippen molar-refractivity contribution in [2.24, 2.45) is 0 Å². The fourth-order valence-corrected chi connectivity index (χ4v) is 3.99. The number of thioether (sulfide) groups is 1. The van der Waals surface area contributed by atoms with Crippen molar-refractivity contribution >= 4 is 22.7 Å². The van der Waals surface area contributed by atoms with E-state index in [1.54, 1.807) is 9.25 Å². The van der Waals surface area contributed by atoms with Crippen LogP contribution in [0, 0.1) is 0 Å². The molecule has 1 unspecified atom stereocenters. The molecular weight excluding hydrogens is 360 g/mol. The molecule has 0 aliphatic rings. The van der Waals surface area contributed by atoms with Crippen molar-refractivity contribution in [2.45, 2.75) is 30.8 Å². The van der Waals surface area contributed by atoms with Crippen molar-refractivity contribution in [3.8, 4) is 5.69 Å². The van der Waals surface area contributed by atoms with Gasteiger partial charge in [0, 0.05) is 6.54 Å². The summed E-state index contributed by atoms with van der Waals surface area (Å²) >= 11 is 1.48. The first-order valence-corrected chi connectivity index (χ1v) is 9.57. The first-order valence-electron chi connectivity index (χ1n) is 8.69. The van der Waals surface area contributed by atoms with E-state index >= 15 is 0 Å². The zero-order chi connectivity index (χ0) is 18.8. The lowest BCUT2D eigenvalue weighted by Gasteiger charge is -2.15. The first-order chi connectivity index (χ1) is 13.2. The molecule has 7 nitrogen and oxygen atoms in total. The Morgan fingerprint density at radius 3 is 2.59 bits per heavy atom. The van der Waals surface area contributed by atoms with E-state index in [9.17, 15) is 4.79 Å². The van der Waals surface area contributed by atoms with Gasteiger partial charge in [0.25, 0.3) is 5.56 Å². The van der Waals surface area contributed by atoms with Gasteiger partial charge in [-0.1, -0.05) is 42.1 Å². The van der Waals surface area contributed by atoms with Gasteiger partial charge in [-0.15, -0.1) is 5.10 Å². The monoisotopic (exact) mass is 378 g/mol. The Hall–Kier alpha value is -3.00. The van der Waals surface area contributed by atoms with Crippen LogP contribution >= 0.6 is 11.8 Å². The van der Waals surface area contributed by atoms with Crippen molar-refractivity contribution < 1.29 is 0 Å². The molecule has 1 atom stereocenters. The van der Waals surface area contributed by atoms with E-state index in [0.717, 1.165) is 5.69 Å². The highest BCUT2D eigenvalue weighted by molar-refractivity contribution is 7.99. The summed E-state index contributed by atoms with van der Waals surface area (Å²) < 4.78 is 3.41. The van der Waals surface area contributed by atoms with Crippen LogP contribution in [0.1, 0.15) is 24.9 Å². The number of rotatable bonds is 5. The number of fused-ring (bicyclic) bond motifs is 1. The topological polar surface area (TPSA) is 78.5 Å². The Kier molecular flexibility index (Phi) is 4.72. The highest BCUT2D eigenvalue weighted by Crippen LogP contribution is 2.33. The highest BCUT2D eigenvalue weighted by atomic mass is 32.2. The van der Waals surface area contributed by atoms with Gasteiger partial charge in [0.1, 0.15) is 0 Å². The maximum absolute atomic E-state index is 12.8. The van der Waals surface area contributed by atoms with Crippen LogP contribution in [-0.4, -0.2) is 29.8 Å². The lowest BCUT2D eigenvalue weighted by molar-refractivity contribution is 0.632. The molecule has 0 aliphatic heterocycles. The molecule has 2 aromatic heterocycles. The normalized spacial score (nSPS) is 12.4. The van der Waals surface area contributed by atoms with Crippen LogP contribution in [0.2, 0.25) is 0 Å². The van der Waals surface area contributed by atoms with Gasteiger partial charge >= 0.3 is 0 Å². The Morgan fingerprint density at radius 1 is 1.07 bits per heavy atom. The molecule has 4 aromatic rings. The molecule has 0 bridgehead atoms. The van der Waals surface area contributed by atoms with E-state index in [1.165, 1.54) is 11.8 Å². The quantitative estimate of drug-likeness (QED) is 0.392. The molecular formula is C19H18N6OS. The van der Waals surface area contributed by atoms with Gasteiger partial charge in [0.05, 0.1) is 21.8 Å². The molecule has 136 valence electrons. The maximum atomic E-state index is 12.8. The summed E-state index contributed by atoms with van der Waals surface area (Å²) in [5.74, 6) is 0.705. The van der Waals surface area contributed by atoms with Crippen molar-refractivity contribution in [2.75, 3.05) is 0 Å². The predicted octanol–water partition coefficient (Wildman–Crippen LogP) is 3.25. The number of aromatic nitrogens is 6. The molecule has 2 aromatic carbocycles. The fourth-order valence-electron chi connectivity index (χ4n) is 2.93. The Morgan fingerprint density at radius 2 is 1.81 bits per heavy atom. The molecule has 4 rings (SSSR count). The number of nitrogens with zero attached hydrogens (tertiary/aromatic N) is 6. The standard InChI is InChI=1S/C19H18N6OS/c1-3-24-18(26)15-11-7-8-12-16(15)20-19(24)27-13(2)17-21-22-23-25(17)14-9-5-4-6-10-14/h4-13H,3H2,1-2H3. The van der Waals surface area contributed by atoms with Crippen molar-refractivity contribution in [3.63, 3.8) is 0 Å². The third kappa shape index (κ3) is 3.23. The van der Waals surface area contributed by atoms with Crippen LogP contribution in [0.15, 0.2) is 64.5 Å². The summed E-state index contributed by atoms with van der Waals surface area (Å²) in [4.78, 5) is 17.5. The molecule has 2 heterocycles. The van der Waals surface area contributed by atoms with Gasteiger partial charge in [-0.25, -0.2) is 4.98 Å². The zero-order valence-electron chi connectivity index (χ0n) is 15.0. The second kappa shape index (κ2) is 7.32. The van der Waals surface area contributed by atoms with Crippen molar-refractivity contribution in [1.29, 1.82) is 0 Å². The molecule has 0 N–H and O–H groups in total. The SMILES string of the molecule is CCn1c(SC(C)c2nnnn2-c2ccccc2)nc2ccccc2c1=O. The lowest BCUT2D eigenvalue weighted by atomic mass is 10.2. The second-order valence-electron chi connectivity index (χ2n) is 6.01. The lowest BCUT2D eigenvalue weighted by Crippen LogP contribution is -2.22. The fraction of sp³-hybridized carbons (Fsp3) is 0.211. The van der Waals surface area contributed by atoms with E-state index < -0.39 is 0 Å². The summed E-state index contributed by atoms with van der Waals surface area (Å²) in [6.45, 7) is 4.51. The van der Waals surface area contributed by atoms with Gasteiger partial charge in [-0.3, -0.25) is 9.36 Å². The predicted molar refractivity (Wildman–Crippen MR) is 105 cm³/mol. The highest BCUT2D eigenvalue weighted by Gasteiger charge is 2.20. The minimum Gasteiger partial charge on any atom is -0.287 e. The smallest absolute Gasteiger partial charge is 0.262 e. The molecule has 0 amide bonds. The van der Waals surface area contributed by atoms with Gasteiger partial charge in [-0.2, -0.15) is 4.68 Å². The third-order valence-electron chi connectivity index (χ3n) is 4.28. The van der Waals surface area contributed by atoms with Crippen LogP contribution in [0.25, 0.3) is 16.6 Å². The summed E-state index contributed by atoms with van der Waals surface area (Å²) in [6.07, 6.45) is 0. The average molecular weight is 378 g/mol. The molecule has 0 saturated carbocycles. The molecule has 0 fully saturated rings. The molecule has 0 saturated heterocycles. The van der Waals surface area contributed by atoms with Crippen LogP contribution in [-0.2, 0) is 6.54 Å². The number of hydrogen-bond donors (Lipinski definition) is 0. The molecule has 0 aliphatic carbocycles.